The molecule has 1 aromatic carbocycles. The van der Waals surface area contributed by atoms with E-state index < -0.39 is 0 Å². The third-order valence-electron chi connectivity index (χ3n) is 2.06. The zero-order valence-corrected chi connectivity index (χ0v) is 15.4. The van der Waals surface area contributed by atoms with Gasteiger partial charge in [0.15, 0.2) is 0 Å². The third kappa shape index (κ3) is 5.50. The van der Waals surface area contributed by atoms with Gasteiger partial charge in [0.1, 0.15) is 0 Å². The zero-order chi connectivity index (χ0) is 12.7. The van der Waals surface area contributed by atoms with Gasteiger partial charge in [0, 0.05) is 57.0 Å². The number of hydrogen-bond donors (Lipinski definition) is 1. The molecule has 4 nitrogen and oxygen atoms in total. The summed E-state index contributed by atoms with van der Waals surface area (Å²) in [6, 6.07) is 9.62. The molecular formula is C13H16AcN2O2-2. The number of anilines is 1. The van der Waals surface area contributed by atoms with E-state index in [0.717, 1.165) is 5.69 Å². The minimum absolute atomic E-state index is 0. The van der Waals surface area contributed by atoms with Gasteiger partial charge in [-0.3, -0.25) is 10.1 Å². The van der Waals surface area contributed by atoms with E-state index in [1.165, 1.54) is 4.90 Å². The number of carbonyl (C=O) groups is 2. The van der Waals surface area contributed by atoms with E-state index in [2.05, 4.69) is 11.4 Å². The average molecular weight is 459 g/mol. The number of amides is 3. The molecule has 1 aliphatic rings. The number of rotatable bonds is 1. The van der Waals surface area contributed by atoms with Gasteiger partial charge in [-0.2, -0.15) is 38.1 Å². The Morgan fingerprint density at radius 1 is 1.39 bits per heavy atom. The van der Waals surface area contributed by atoms with Crippen LogP contribution in [0.25, 0.3) is 0 Å². The first-order valence-electron chi connectivity index (χ1n) is 5.50. The van der Waals surface area contributed by atoms with Crippen LogP contribution < -0.4 is 10.2 Å². The predicted octanol–water partition coefficient (Wildman–Crippen LogP) is 2.16. The Bertz CT molecular complexity index is 382. The van der Waals surface area contributed by atoms with Crippen molar-refractivity contribution in [2.75, 3.05) is 11.4 Å². The molecule has 1 heterocycles. The zero-order valence-electron chi connectivity index (χ0n) is 10.6. The van der Waals surface area contributed by atoms with Crippen LogP contribution in [0.15, 0.2) is 24.3 Å². The summed E-state index contributed by atoms with van der Waals surface area (Å²) in [5.74, 6) is -0.217. The van der Waals surface area contributed by atoms with E-state index >= 15 is 0 Å². The normalized spacial score (nSPS) is 14.0. The number of urea groups is 1. The summed E-state index contributed by atoms with van der Waals surface area (Å²) < 4.78 is 0. The van der Waals surface area contributed by atoms with E-state index in [1.807, 2.05) is 26.3 Å². The molecule has 0 aromatic heterocycles. The first kappa shape index (κ1) is 17.6. The number of nitrogens with one attached hydrogen (secondary N) is 1. The van der Waals surface area contributed by atoms with Gasteiger partial charge in [-0.1, -0.05) is 5.69 Å². The molecule has 1 radical (unpaired) electrons. The summed E-state index contributed by atoms with van der Waals surface area (Å²) in [6.45, 7) is 4.43. The molecule has 95 valence electrons. The summed E-state index contributed by atoms with van der Waals surface area (Å²) in [4.78, 5) is 23.8. The third-order valence-corrected chi connectivity index (χ3v) is 2.06. The van der Waals surface area contributed by atoms with Gasteiger partial charge in [-0.15, -0.1) is 6.07 Å². The molecule has 1 N–H and O–H groups in total. The van der Waals surface area contributed by atoms with E-state index in [-0.39, 0.29) is 56.0 Å². The predicted molar refractivity (Wildman–Crippen MR) is 66.4 cm³/mol. The van der Waals surface area contributed by atoms with Crippen molar-refractivity contribution < 1.29 is 53.7 Å². The van der Waals surface area contributed by atoms with Crippen LogP contribution in [0.4, 0.5) is 10.5 Å². The van der Waals surface area contributed by atoms with Gasteiger partial charge in [-0.25, -0.2) is 4.79 Å². The van der Waals surface area contributed by atoms with Gasteiger partial charge in [0.2, 0.25) is 5.91 Å². The van der Waals surface area contributed by atoms with Crippen LogP contribution in [0, 0.1) is 56.5 Å². The standard InChI is InChI=1S/C10H9N2O2.C3H7.Ac/c13-9-6-7-12(10(14)11-9)8-4-2-1-3-5-8;1-3-2;/h1-2,4-5H,6-7H2,(H,11,13,14);3H,1-2H3;/q2*-1;. The molecule has 1 fully saturated rings. The van der Waals surface area contributed by atoms with Gasteiger partial charge < -0.3 is 11.3 Å². The second-order valence-corrected chi connectivity index (χ2v) is 3.59. The molecule has 0 atom stereocenters. The fourth-order valence-corrected chi connectivity index (χ4v) is 1.36. The SMILES string of the molecule is C[CH-]C.O=C1CCN(c2c[c-]ccc2)C(=O)N1.[Ac]. The summed E-state index contributed by atoms with van der Waals surface area (Å²) in [6.07, 6.45) is 2.35. The minimum atomic E-state index is -0.360. The largest absolute Gasteiger partial charge is 0.347 e. The Hall–Kier alpha value is -0.398. The van der Waals surface area contributed by atoms with Crippen LogP contribution in [0.5, 0.6) is 0 Å². The molecule has 0 saturated carbocycles. The Morgan fingerprint density at radius 2 is 2.06 bits per heavy atom. The van der Waals surface area contributed by atoms with Crippen LogP contribution in [-0.2, 0) is 4.79 Å². The molecule has 2 rings (SSSR count). The monoisotopic (exact) mass is 459 g/mol. The van der Waals surface area contributed by atoms with E-state index in [4.69, 9.17) is 0 Å². The number of benzene rings is 1. The summed E-state index contributed by atoms with van der Waals surface area (Å²) in [5.41, 5.74) is 0.762. The van der Waals surface area contributed by atoms with Crippen molar-refractivity contribution in [1.29, 1.82) is 0 Å². The molecule has 1 saturated heterocycles. The van der Waals surface area contributed by atoms with Gasteiger partial charge >= 0.3 is 6.03 Å². The van der Waals surface area contributed by atoms with Crippen molar-refractivity contribution in [2.45, 2.75) is 20.3 Å². The molecule has 18 heavy (non-hydrogen) atoms. The van der Waals surface area contributed by atoms with Crippen LogP contribution in [0.1, 0.15) is 20.3 Å². The van der Waals surface area contributed by atoms with E-state index in [9.17, 15) is 9.59 Å². The first-order valence-corrected chi connectivity index (χ1v) is 5.50. The maximum absolute atomic E-state index is 11.4. The number of carbonyl (C=O) groups excluding carboxylic acids is 2. The van der Waals surface area contributed by atoms with E-state index in [0.29, 0.717) is 13.0 Å². The van der Waals surface area contributed by atoms with Crippen molar-refractivity contribution in [1.82, 2.24) is 5.32 Å². The Kier molecular flexibility index (Phi) is 9.31. The second kappa shape index (κ2) is 9.52. The van der Waals surface area contributed by atoms with Crippen molar-refractivity contribution in [2.24, 2.45) is 0 Å². The van der Waals surface area contributed by atoms with Crippen molar-refractivity contribution in [3.8, 4) is 0 Å². The molecule has 3 amide bonds. The fourth-order valence-electron chi connectivity index (χ4n) is 1.36. The molecule has 1 aliphatic heterocycles. The Labute approximate surface area is 144 Å². The molecule has 5 heteroatoms. The quantitative estimate of drug-likeness (QED) is 0.655. The molecule has 0 spiro atoms. The minimum Gasteiger partial charge on any atom is -0.347 e. The second-order valence-electron chi connectivity index (χ2n) is 3.59. The van der Waals surface area contributed by atoms with Crippen LogP contribution in [0.3, 0.4) is 0 Å². The summed E-state index contributed by atoms with van der Waals surface area (Å²) >= 11 is 0. The van der Waals surface area contributed by atoms with Gasteiger partial charge in [0.25, 0.3) is 0 Å². The maximum Gasteiger partial charge on any atom is 0.317 e. The van der Waals surface area contributed by atoms with Crippen LogP contribution in [-0.4, -0.2) is 18.5 Å². The average Bonchev–Trinajstić information content (AvgIpc) is 2.31. The molecular weight excluding hydrogens is 443 g/mol. The topological polar surface area (TPSA) is 49.4 Å². The van der Waals surface area contributed by atoms with Crippen LogP contribution >= 0.6 is 0 Å². The first-order chi connectivity index (χ1) is 8.19. The number of hydrogen-bond acceptors (Lipinski definition) is 2. The van der Waals surface area contributed by atoms with Crippen molar-refractivity contribution in [3.05, 3.63) is 36.8 Å². The number of nitrogens with zero attached hydrogens (tertiary/aromatic N) is 1. The molecule has 0 unspecified atom stereocenters. The van der Waals surface area contributed by atoms with Crippen molar-refractivity contribution >= 4 is 17.6 Å². The smallest absolute Gasteiger partial charge is 0.317 e. The van der Waals surface area contributed by atoms with Crippen LogP contribution in [0.2, 0.25) is 0 Å². The molecule has 0 aliphatic carbocycles. The molecule has 1 aromatic rings. The van der Waals surface area contributed by atoms with E-state index in [1.54, 1.807) is 18.2 Å². The van der Waals surface area contributed by atoms with Crippen molar-refractivity contribution in [3.63, 3.8) is 0 Å². The van der Waals surface area contributed by atoms with Gasteiger partial charge in [-0.05, 0) is 0 Å². The Balaban J connectivity index is 0.000000660. The molecule has 0 bridgehead atoms. The summed E-state index contributed by atoms with van der Waals surface area (Å²) in [7, 11) is 0. The number of imide groups is 1. The fraction of sp³-hybridized carbons (Fsp3) is 0.308. The Morgan fingerprint density at radius 3 is 2.56 bits per heavy atom. The summed E-state index contributed by atoms with van der Waals surface area (Å²) in [5, 5.41) is 2.26. The maximum atomic E-state index is 11.4. The van der Waals surface area contributed by atoms with Gasteiger partial charge in [0.05, 0.1) is 0 Å².